The summed E-state index contributed by atoms with van der Waals surface area (Å²) >= 11 is 5.96. The number of ether oxygens (including phenoxy) is 2. The molecule has 1 aliphatic carbocycles. The Morgan fingerprint density at radius 3 is 2.54 bits per heavy atom. The lowest BCUT2D eigenvalue weighted by Crippen LogP contribution is -2.24. The number of rotatable bonds is 6. The van der Waals surface area contributed by atoms with Crippen molar-refractivity contribution in [3.05, 3.63) is 58.6 Å². The van der Waals surface area contributed by atoms with Gasteiger partial charge in [-0.25, -0.2) is 0 Å². The zero-order chi connectivity index (χ0) is 19.5. The van der Waals surface area contributed by atoms with Crippen LogP contribution in [0.2, 0.25) is 5.02 Å². The van der Waals surface area contributed by atoms with Gasteiger partial charge in [0.15, 0.2) is 11.5 Å². The highest BCUT2D eigenvalue weighted by Crippen LogP contribution is 2.37. The molecule has 1 amide bonds. The number of nitrogens with zero attached hydrogens (tertiary/aromatic N) is 1. The molecule has 2 aliphatic rings. The molecule has 0 radical (unpaired) electrons. The molecular weight excluding hydrogens is 374 g/mol. The zero-order valence-electron chi connectivity index (χ0n) is 16.2. The lowest BCUT2D eigenvalue weighted by atomic mass is 9.98. The van der Waals surface area contributed by atoms with E-state index in [0.29, 0.717) is 18.0 Å². The van der Waals surface area contributed by atoms with Crippen LogP contribution in [-0.2, 0) is 11.3 Å². The van der Waals surface area contributed by atoms with E-state index in [4.69, 9.17) is 21.1 Å². The third-order valence-electron chi connectivity index (χ3n) is 5.76. The Kier molecular flexibility index (Phi) is 5.77. The first-order chi connectivity index (χ1) is 13.6. The SMILES string of the molecule is COc1ccc([C@@H]2CC(=O)N(Cc3ccc(Cl)cc3)C2)cc1OC1CCCC1. The van der Waals surface area contributed by atoms with Gasteiger partial charge in [-0.15, -0.1) is 0 Å². The molecule has 1 atom stereocenters. The Bertz CT molecular complexity index is 830. The van der Waals surface area contributed by atoms with Crippen LogP contribution in [-0.4, -0.2) is 30.6 Å². The summed E-state index contributed by atoms with van der Waals surface area (Å²) < 4.78 is 11.7. The molecule has 28 heavy (non-hydrogen) atoms. The number of methoxy groups -OCH3 is 1. The van der Waals surface area contributed by atoms with Gasteiger partial charge >= 0.3 is 0 Å². The highest BCUT2D eigenvalue weighted by Gasteiger charge is 2.31. The van der Waals surface area contributed by atoms with E-state index in [2.05, 4.69) is 12.1 Å². The first-order valence-corrected chi connectivity index (χ1v) is 10.4. The van der Waals surface area contributed by atoms with Crippen molar-refractivity contribution in [1.29, 1.82) is 0 Å². The summed E-state index contributed by atoms with van der Waals surface area (Å²) in [6.07, 6.45) is 5.46. The Hall–Kier alpha value is -2.20. The van der Waals surface area contributed by atoms with Crippen molar-refractivity contribution in [2.45, 2.75) is 50.7 Å². The van der Waals surface area contributed by atoms with E-state index in [9.17, 15) is 4.79 Å². The second kappa shape index (κ2) is 8.44. The number of hydrogen-bond donors (Lipinski definition) is 0. The van der Waals surface area contributed by atoms with E-state index < -0.39 is 0 Å². The summed E-state index contributed by atoms with van der Waals surface area (Å²) in [5.74, 6) is 1.93. The highest BCUT2D eigenvalue weighted by molar-refractivity contribution is 6.30. The van der Waals surface area contributed by atoms with E-state index >= 15 is 0 Å². The summed E-state index contributed by atoms with van der Waals surface area (Å²) in [5.41, 5.74) is 2.24. The molecule has 1 saturated carbocycles. The van der Waals surface area contributed by atoms with E-state index in [1.807, 2.05) is 35.2 Å². The number of likely N-dealkylation sites (tertiary alicyclic amines) is 1. The van der Waals surface area contributed by atoms with Gasteiger partial charge in [-0.1, -0.05) is 29.8 Å². The maximum absolute atomic E-state index is 12.6. The van der Waals surface area contributed by atoms with Crippen LogP contribution >= 0.6 is 11.6 Å². The van der Waals surface area contributed by atoms with Crippen LogP contribution in [0.3, 0.4) is 0 Å². The van der Waals surface area contributed by atoms with Crippen molar-refractivity contribution in [1.82, 2.24) is 4.90 Å². The van der Waals surface area contributed by atoms with Crippen LogP contribution in [0.4, 0.5) is 0 Å². The molecule has 1 aliphatic heterocycles. The second-order valence-electron chi connectivity index (χ2n) is 7.74. The number of hydrogen-bond acceptors (Lipinski definition) is 3. The zero-order valence-corrected chi connectivity index (χ0v) is 17.0. The average molecular weight is 400 g/mol. The van der Waals surface area contributed by atoms with Crippen LogP contribution in [0.5, 0.6) is 11.5 Å². The van der Waals surface area contributed by atoms with Crippen molar-refractivity contribution >= 4 is 17.5 Å². The van der Waals surface area contributed by atoms with Crippen molar-refractivity contribution < 1.29 is 14.3 Å². The van der Waals surface area contributed by atoms with Gasteiger partial charge in [0.05, 0.1) is 13.2 Å². The van der Waals surface area contributed by atoms with Crippen molar-refractivity contribution in [3.8, 4) is 11.5 Å². The molecule has 2 aromatic rings. The Morgan fingerprint density at radius 2 is 1.82 bits per heavy atom. The molecule has 0 unspecified atom stereocenters. The van der Waals surface area contributed by atoms with E-state index in [0.717, 1.165) is 42.0 Å². The van der Waals surface area contributed by atoms with Gasteiger partial charge in [0.2, 0.25) is 5.91 Å². The first kappa shape index (κ1) is 19.1. The van der Waals surface area contributed by atoms with E-state index in [1.54, 1.807) is 7.11 Å². The summed E-state index contributed by atoms with van der Waals surface area (Å²) in [4.78, 5) is 14.5. The molecule has 4 rings (SSSR count). The maximum Gasteiger partial charge on any atom is 0.223 e. The third kappa shape index (κ3) is 4.27. The summed E-state index contributed by atoms with van der Waals surface area (Å²) in [5, 5.41) is 0.711. The largest absolute Gasteiger partial charge is 0.493 e. The average Bonchev–Trinajstić information content (AvgIpc) is 3.34. The fraction of sp³-hybridized carbons (Fsp3) is 0.435. The van der Waals surface area contributed by atoms with Crippen LogP contribution in [0.1, 0.15) is 49.1 Å². The van der Waals surface area contributed by atoms with Crippen molar-refractivity contribution in [3.63, 3.8) is 0 Å². The summed E-state index contributed by atoms with van der Waals surface area (Å²) in [7, 11) is 1.67. The standard InChI is InChI=1S/C23H26ClNO3/c1-27-21-11-8-17(12-22(21)28-20-4-2-3-5-20)18-13-23(26)25(15-18)14-16-6-9-19(24)10-7-16/h6-12,18,20H,2-5,13-15H2,1H3/t18-/m1/s1. The Morgan fingerprint density at radius 1 is 1.07 bits per heavy atom. The maximum atomic E-state index is 12.6. The van der Waals surface area contributed by atoms with Crippen molar-refractivity contribution in [2.75, 3.05) is 13.7 Å². The first-order valence-electron chi connectivity index (χ1n) is 9.99. The molecule has 1 heterocycles. The fourth-order valence-electron chi connectivity index (χ4n) is 4.18. The van der Waals surface area contributed by atoms with Gasteiger partial charge in [-0.2, -0.15) is 0 Å². The predicted molar refractivity (Wildman–Crippen MR) is 110 cm³/mol. The van der Waals surface area contributed by atoms with E-state index in [-0.39, 0.29) is 17.9 Å². The third-order valence-corrected chi connectivity index (χ3v) is 6.01. The smallest absolute Gasteiger partial charge is 0.223 e. The molecule has 5 heteroatoms. The second-order valence-corrected chi connectivity index (χ2v) is 8.17. The molecule has 1 saturated heterocycles. The van der Waals surface area contributed by atoms with Gasteiger partial charge in [0.25, 0.3) is 0 Å². The number of halogens is 1. The van der Waals surface area contributed by atoms with Crippen LogP contribution in [0, 0.1) is 0 Å². The Balaban J connectivity index is 1.47. The van der Waals surface area contributed by atoms with Gasteiger partial charge in [-0.05, 0) is 61.1 Å². The van der Waals surface area contributed by atoms with Gasteiger partial charge in [0.1, 0.15) is 0 Å². The van der Waals surface area contributed by atoms with Gasteiger partial charge in [0, 0.05) is 30.5 Å². The molecule has 0 N–H and O–H groups in total. The molecule has 0 spiro atoms. The van der Waals surface area contributed by atoms with Crippen molar-refractivity contribution in [2.24, 2.45) is 0 Å². The number of carbonyl (C=O) groups excluding carboxylic acids is 1. The Labute approximate surface area is 171 Å². The van der Waals surface area contributed by atoms with Gasteiger partial charge in [-0.3, -0.25) is 4.79 Å². The van der Waals surface area contributed by atoms with Crippen LogP contribution in [0.15, 0.2) is 42.5 Å². The number of amides is 1. The quantitative estimate of drug-likeness (QED) is 0.671. The van der Waals surface area contributed by atoms with Gasteiger partial charge < -0.3 is 14.4 Å². The van der Waals surface area contributed by atoms with Crippen LogP contribution in [0.25, 0.3) is 0 Å². The number of benzene rings is 2. The lowest BCUT2D eigenvalue weighted by molar-refractivity contribution is -0.128. The lowest BCUT2D eigenvalue weighted by Gasteiger charge is -2.19. The minimum Gasteiger partial charge on any atom is -0.493 e. The number of carbonyl (C=O) groups is 1. The molecule has 2 aromatic carbocycles. The molecule has 148 valence electrons. The highest BCUT2D eigenvalue weighted by atomic mass is 35.5. The fourth-order valence-corrected chi connectivity index (χ4v) is 4.31. The topological polar surface area (TPSA) is 38.8 Å². The monoisotopic (exact) mass is 399 g/mol. The predicted octanol–water partition coefficient (Wildman–Crippen LogP) is 5.19. The molecular formula is C23H26ClNO3. The van der Waals surface area contributed by atoms with Crippen LogP contribution < -0.4 is 9.47 Å². The summed E-state index contributed by atoms with van der Waals surface area (Å²) in [6, 6.07) is 13.8. The van der Waals surface area contributed by atoms with E-state index in [1.165, 1.54) is 12.8 Å². The normalized spacial score (nSPS) is 20.0. The minimum atomic E-state index is 0.177. The molecule has 4 nitrogen and oxygen atoms in total. The molecule has 0 aromatic heterocycles. The molecule has 0 bridgehead atoms. The summed E-state index contributed by atoms with van der Waals surface area (Å²) in [6.45, 7) is 1.34. The molecule has 2 fully saturated rings. The minimum absolute atomic E-state index is 0.177.